The van der Waals surface area contributed by atoms with Gasteiger partial charge in [-0.25, -0.2) is 4.79 Å². The van der Waals surface area contributed by atoms with Crippen molar-refractivity contribution in [2.45, 2.75) is 115 Å². The minimum absolute atomic E-state index is 0.000113. The number of esters is 4. The number of carbonyl (C=O) groups is 8. The Bertz CT molecular complexity index is 1950. The zero-order chi connectivity index (χ0) is 50.7. The van der Waals surface area contributed by atoms with E-state index in [9.17, 15) is 48.6 Å². The van der Waals surface area contributed by atoms with Gasteiger partial charge in [0.15, 0.2) is 12.4 Å². The predicted octanol–water partition coefficient (Wildman–Crippen LogP) is 2.70. The van der Waals surface area contributed by atoms with Gasteiger partial charge in [-0.15, -0.1) is 0 Å². The molecule has 21 nitrogen and oxygen atoms in total. The van der Waals surface area contributed by atoms with Crippen LogP contribution in [0.25, 0.3) is 0 Å². The molecule has 390 valence electrons. The van der Waals surface area contributed by atoms with Gasteiger partial charge in [0.25, 0.3) is 0 Å². The van der Waals surface area contributed by atoms with Gasteiger partial charge < -0.3 is 62.9 Å². The maximum absolute atomic E-state index is 13.5. The molecule has 1 aliphatic heterocycles. The Labute approximate surface area is 407 Å². The maximum atomic E-state index is 13.5. The van der Waals surface area contributed by atoms with E-state index in [1.807, 2.05) is 32.1 Å². The maximum Gasteiger partial charge on any atom is 0.511 e. The highest BCUT2D eigenvalue weighted by Gasteiger charge is 2.68. The lowest BCUT2D eigenvalue weighted by Crippen LogP contribution is -2.61. The van der Waals surface area contributed by atoms with E-state index in [2.05, 4.69) is 12.2 Å². The first-order chi connectivity index (χ1) is 33.5. The SMILES string of the molecule is C/C=C/C[C@H]1NC(=O)C[C@@H]1OC(=O)OCOC(=O)CCC(=O)OCCOCCOCCOCCOCCOC(=O)CCC(=O)OCC(=O)[C@@]1(O)CCC2C3CCC4=CC(=O)C=C[C@]4(C)C3[C@@H](O)C[C@@]21C. The van der Waals surface area contributed by atoms with E-state index in [0.29, 0.717) is 32.5 Å². The van der Waals surface area contributed by atoms with Gasteiger partial charge in [-0.05, 0) is 69.4 Å². The molecule has 5 rings (SSSR count). The van der Waals surface area contributed by atoms with Crippen molar-refractivity contribution in [1.29, 1.82) is 0 Å². The fourth-order valence-corrected chi connectivity index (χ4v) is 10.5. The van der Waals surface area contributed by atoms with Crippen molar-refractivity contribution >= 4 is 47.5 Å². The van der Waals surface area contributed by atoms with Crippen LogP contribution in [-0.2, 0) is 80.9 Å². The lowest BCUT2D eigenvalue weighted by molar-refractivity contribution is -0.181. The smallest absolute Gasteiger partial charge is 0.463 e. The Kier molecular flexibility index (Phi) is 21.5. The number of aliphatic hydroxyl groups excluding tert-OH is 1. The highest BCUT2D eigenvalue weighted by atomic mass is 16.8. The molecule has 0 aromatic rings. The van der Waals surface area contributed by atoms with E-state index in [-0.39, 0.29) is 133 Å². The summed E-state index contributed by atoms with van der Waals surface area (Å²) in [5, 5.41) is 26.1. The number of hydrogen-bond donors (Lipinski definition) is 3. The topological polar surface area (TPSA) is 281 Å². The molecule has 70 heavy (non-hydrogen) atoms. The summed E-state index contributed by atoms with van der Waals surface area (Å²) in [5.41, 5.74) is -2.18. The van der Waals surface area contributed by atoms with Crippen LogP contribution in [0.5, 0.6) is 0 Å². The van der Waals surface area contributed by atoms with E-state index < -0.39 is 77.9 Å². The van der Waals surface area contributed by atoms with E-state index >= 15 is 0 Å². The monoisotopic (exact) mass is 991 g/mol. The van der Waals surface area contributed by atoms with Crippen molar-refractivity contribution in [1.82, 2.24) is 5.32 Å². The Morgan fingerprint density at radius 3 is 1.90 bits per heavy atom. The minimum Gasteiger partial charge on any atom is -0.463 e. The number of aliphatic hydroxyl groups is 2. The first kappa shape index (κ1) is 55.9. The lowest BCUT2D eigenvalue weighted by atomic mass is 9.46. The third-order valence-electron chi connectivity index (χ3n) is 14.1. The van der Waals surface area contributed by atoms with E-state index in [4.69, 9.17) is 47.4 Å². The van der Waals surface area contributed by atoms with Crippen LogP contribution in [0.1, 0.15) is 91.4 Å². The third kappa shape index (κ3) is 15.2. The number of fused-ring (bicyclic) bond motifs is 5. The Hall–Kier alpha value is -5.06. The van der Waals surface area contributed by atoms with Gasteiger partial charge in [-0.3, -0.25) is 33.6 Å². The predicted molar refractivity (Wildman–Crippen MR) is 241 cm³/mol. The second-order valence-corrected chi connectivity index (χ2v) is 18.5. The van der Waals surface area contributed by atoms with Crippen LogP contribution in [0, 0.1) is 28.6 Å². The molecule has 1 saturated heterocycles. The van der Waals surface area contributed by atoms with Gasteiger partial charge in [-0.1, -0.05) is 37.6 Å². The van der Waals surface area contributed by atoms with Gasteiger partial charge in [0.05, 0.1) is 97.1 Å². The summed E-state index contributed by atoms with van der Waals surface area (Å²) in [5.74, 6) is -3.95. The van der Waals surface area contributed by atoms with Crippen molar-refractivity contribution in [3.8, 4) is 0 Å². The number of ketones is 2. The van der Waals surface area contributed by atoms with Crippen molar-refractivity contribution in [3.05, 3.63) is 36.0 Å². The van der Waals surface area contributed by atoms with Gasteiger partial charge in [0, 0.05) is 16.7 Å². The molecule has 3 unspecified atom stereocenters. The van der Waals surface area contributed by atoms with Crippen LogP contribution >= 0.6 is 0 Å². The zero-order valence-corrected chi connectivity index (χ0v) is 40.4. The molecule has 0 aromatic heterocycles. The van der Waals surface area contributed by atoms with E-state index in [1.165, 1.54) is 0 Å². The molecular formula is C49H69NO20. The van der Waals surface area contributed by atoms with Gasteiger partial charge >= 0.3 is 30.0 Å². The lowest BCUT2D eigenvalue weighted by Gasteiger charge is -2.59. The number of rotatable bonds is 29. The average molecular weight is 992 g/mol. The van der Waals surface area contributed by atoms with Gasteiger partial charge in [-0.2, -0.15) is 0 Å². The first-order valence-electron chi connectivity index (χ1n) is 24.1. The van der Waals surface area contributed by atoms with Crippen LogP contribution in [0.2, 0.25) is 0 Å². The fourth-order valence-electron chi connectivity index (χ4n) is 10.5. The molecule has 3 N–H and O–H groups in total. The van der Waals surface area contributed by atoms with Crippen LogP contribution in [-0.4, -0.2) is 161 Å². The van der Waals surface area contributed by atoms with Crippen molar-refractivity contribution in [2.75, 3.05) is 79.5 Å². The van der Waals surface area contributed by atoms with Crippen molar-refractivity contribution in [3.63, 3.8) is 0 Å². The van der Waals surface area contributed by atoms with Crippen molar-refractivity contribution in [2.24, 2.45) is 28.6 Å². The van der Waals surface area contributed by atoms with Crippen LogP contribution in [0.3, 0.4) is 0 Å². The number of ether oxygens (including phenoxy) is 10. The van der Waals surface area contributed by atoms with Crippen LogP contribution in [0.4, 0.5) is 4.79 Å². The minimum atomic E-state index is -1.79. The summed E-state index contributed by atoms with van der Waals surface area (Å²) in [7, 11) is 0. The quantitative estimate of drug-likeness (QED) is 0.0319. The zero-order valence-electron chi connectivity index (χ0n) is 40.4. The molecule has 4 fully saturated rings. The van der Waals surface area contributed by atoms with Crippen LogP contribution < -0.4 is 5.32 Å². The van der Waals surface area contributed by atoms with E-state index in [0.717, 1.165) is 12.0 Å². The summed E-state index contributed by atoms with van der Waals surface area (Å²) in [4.78, 5) is 97.6. The molecule has 1 heterocycles. The molecule has 4 aliphatic carbocycles. The number of carbonyl (C=O) groups excluding carboxylic acids is 8. The Morgan fingerprint density at radius 1 is 0.757 bits per heavy atom. The first-order valence-corrected chi connectivity index (χ1v) is 24.1. The largest absolute Gasteiger partial charge is 0.511 e. The van der Waals surface area contributed by atoms with Crippen LogP contribution in [0.15, 0.2) is 36.0 Å². The molecular weight excluding hydrogens is 923 g/mol. The fraction of sp³-hybridized carbons (Fsp3) is 0.714. The molecule has 0 bridgehead atoms. The summed E-state index contributed by atoms with van der Waals surface area (Å²) in [6.45, 7) is 6.07. The molecule has 3 saturated carbocycles. The Balaban J connectivity index is 0.788. The number of nitrogens with one attached hydrogen (secondary N) is 1. The molecule has 0 aromatic carbocycles. The summed E-state index contributed by atoms with van der Waals surface area (Å²) < 4.78 is 51.5. The average Bonchev–Trinajstić information content (AvgIpc) is 3.81. The standard InChI is InChI=1S/C49H69NO20/c1-4-5-6-36-38(28-40(54)50-36)70-46(59)69-31-68-44(58)12-10-42(56)66-26-24-64-22-20-62-18-17-61-19-21-63-23-25-65-41(55)9-11-43(57)67-30-39(53)49(60)16-14-35-34-8-7-32-27-33(51)13-15-47(32,2)45(34)37(52)29-48(35,49)3/h4-5,13,15,27,34-38,45,52,60H,6-12,14,16-26,28-31H2,1-3H3,(H,50,54)/b5-4+/t34?,35?,36-,37+,38+,45?,47+,48+,49+/m1/s1. The second kappa shape index (κ2) is 27.0. The summed E-state index contributed by atoms with van der Waals surface area (Å²) in [6.07, 6.45) is 7.94. The van der Waals surface area contributed by atoms with Gasteiger partial charge in [0.2, 0.25) is 18.5 Å². The third-order valence-corrected chi connectivity index (χ3v) is 14.1. The molecule has 9 atom stereocenters. The number of Topliss-reactive ketones (excluding diaryl/α,β-unsaturated/α-hetero) is 1. The molecule has 0 spiro atoms. The molecule has 1 amide bonds. The highest BCUT2D eigenvalue weighted by molar-refractivity contribution is 6.01. The molecule has 21 heteroatoms. The van der Waals surface area contributed by atoms with Crippen molar-refractivity contribution < 1.29 is 95.9 Å². The second-order valence-electron chi connectivity index (χ2n) is 18.5. The number of allylic oxidation sites excluding steroid dienone is 5. The van der Waals surface area contributed by atoms with E-state index in [1.54, 1.807) is 12.2 Å². The highest BCUT2D eigenvalue weighted by Crippen LogP contribution is 2.67. The number of hydrogen-bond acceptors (Lipinski definition) is 20. The van der Waals surface area contributed by atoms with Gasteiger partial charge in [0.1, 0.15) is 24.9 Å². The Morgan fingerprint density at radius 2 is 1.31 bits per heavy atom. The number of amides is 1. The molecule has 5 aliphatic rings. The molecule has 0 radical (unpaired) electrons. The normalized spacial score (nSPS) is 28.7. The summed E-state index contributed by atoms with van der Waals surface area (Å²) >= 11 is 0. The summed E-state index contributed by atoms with van der Waals surface area (Å²) in [6, 6.07) is -0.378.